The Balaban J connectivity index is 1.91. The van der Waals surface area contributed by atoms with E-state index in [0.29, 0.717) is 28.2 Å². The molecule has 0 spiro atoms. The Morgan fingerprint density at radius 2 is 2.04 bits per heavy atom. The van der Waals surface area contributed by atoms with E-state index in [1.165, 1.54) is 0 Å². The van der Waals surface area contributed by atoms with Crippen LogP contribution in [0.1, 0.15) is 18.1 Å². The molecule has 0 unspecified atom stereocenters. The molecule has 6 nitrogen and oxygen atoms in total. The van der Waals surface area contributed by atoms with Crippen molar-refractivity contribution in [3.05, 3.63) is 61.7 Å². The maximum Gasteiger partial charge on any atom is 0.259 e. The van der Waals surface area contributed by atoms with Crippen LogP contribution in [-0.2, 0) is 20.1 Å². The molecule has 0 amide bonds. The summed E-state index contributed by atoms with van der Waals surface area (Å²) < 4.78 is 4.19. The lowest BCUT2D eigenvalue weighted by Gasteiger charge is -2.14. The highest BCUT2D eigenvalue weighted by Crippen LogP contribution is 2.29. The summed E-state index contributed by atoms with van der Waals surface area (Å²) in [6, 6.07) is 7.67. The zero-order valence-electron chi connectivity index (χ0n) is 15.8. The Morgan fingerprint density at radius 3 is 2.75 bits per heavy atom. The number of hydrogen-bond donors (Lipinski definition) is 1. The van der Waals surface area contributed by atoms with E-state index in [1.54, 1.807) is 17.7 Å². The maximum absolute atomic E-state index is 13.0. The molecule has 4 aromatic rings. The van der Waals surface area contributed by atoms with E-state index in [0.717, 1.165) is 33.2 Å². The summed E-state index contributed by atoms with van der Waals surface area (Å²) in [5.41, 5.74) is 3.73. The molecule has 0 aliphatic rings. The molecule has 8 heteroatoms. The molecule has 0 aliphatic heterocycles. The lowest BCUT2D eigenvalue weighted by Crippen LogP contribution is -2.20. The number of halogens is 2. The second-order valence-electron chi connectivity index (χ2n) is 6.73. The number of aromatic nitrogens is 4. The Bertz CT molecular complexity index is 1280. The average molecular weight is 461 g/mol. The summed E-state index contributed by atoms with van der Waals surface area (Å²) in [7, 11) is 1.80. The number of benzene rings is 1. The molecule has 0 saturated heterocycles. The van der Waals surface area contributed by atoms with Crippen molar-refractivity contribution in [1.82, 2.24) is 19.3 Å². The Kier molecular flexibility index (Phi) is 4.89. The lowest BCUT2D eigenvalue weighted by atomic mass is 10.00. The highest BCUT2D eigenvalue weighted by molar-refractivity contribution is 9.10. The summed E-state index contributed by atoms with van der Waals surface area (Å²) in [4.78, 5) is 17.3. The van der Waals surface area contributed by atoms with Crippen molar-refractivity contribution in [2.75, 3.05) is 5.32 Å². The van der Waals surface area contributed by atoms with Crippen molar-refractivity contribution < 1.29 is 0 Å². The van der Waals surface area contributed by atoms with Crippen molar-refractivity contribution in [2.24, 2.45) is 7.05 Å². The van der Waals surface area contributed by atoms with Crippen LogP contribution in [0.5, 0.6) is 0 Å². The minimum absolute atomic E-state index is 0.0167. The van der Waals surface area contributed by atoms with Gasteiger partial charge in [-0.2, -0.15) is 5.10 Å². The first-order valence-corrected chi connectivity index (χ1v) is 10.1. The van der Waals surface area contributed by atoms with Crippen LogP contribution in [0.3, 0.4) is 0 Å². The number of hydrogen-bond acceptors (Lipinski definition) is 4. The first-order valence-electron chi connectivity index (χ1n) is 8.94. The number of fused-ring (bicyclic) bond motifs is 3. The zero-order chi connectivity index (χ0) is 20.0. The predicted octanol–water partition coefficient (Wildman–Crippen LogP) is 4.64. The first kappa shape index (κ1) is 19.0. The summed E-state index contributed by atoms with van der Waals surface area (Å²) in [5.74, 6) is 0. The van der Waals surface area contributed by atoms with Gasteiger partial charge in [-0.1, -0.05) is 17.7 Å². The van der Waals surface area contributed by atoms with Crippen molar-refractivity contribution in [3.63, 3.8) is 0 Å². The number of aryl methyl sites for hydroxylation is 3. The van der Waals surface area contributed by atoms with Crippen molar-refractivity contribution >= 4 is 55.0 Å². The Labute approximate surface area is 175 Å². The molecular weight excluding hydrogens is 442 g/mol. The third kappa shape index (κ3) is 3.08. The first-order chi connectivity index (χ1) is 13.4. The van der Waals surface area contributed by atoms with Gasteiger partial charge in [0.15, 0.2) is 0 Å². The highest BCUT2D eigenvalue weighted by Gasteiger charge is 2.16. The van der Waals surface area contributed by atoms with Gasteiger partial charge >= 0.3 is 0 Å². The van der Waals surface area contributed by atoms with Crippen LogP contribution in [0, 0.1) is 6.92 Å². The molecule has 1 N–H and O–H groups in total. The van der Waals surface area contributed by atoms with E-state index in [9.17, 15) is 4.79 Å². The fraction of sp³-hybridized carbons (Fsp3) is 0.250. The molecule has 0 bridgehead atoms. The molecule has 3 aromatic heterocycles. The van der Waals surface area contributed by atoms with E-state index >= 15 is 0 Å². The van der Waals surface area contributed by atoms with Gasteiger partial charge in [0, 0.05) is 36.3 Å². The average Bonchev–Trinajstić information content (AvgIpc) is 3.09. The third-order valence-corrected chi connectivity index (χ3v) is 5.70. The molecule has 4 rings (SSSR count). The molecule has 144 valence electrons. The predicted molar refractivity (Wildman–Crippen MR) is 117 cm³/mol. The SMILES string of the molecule is CCn1ncc2c3c(CNc4ccc(Cl)nc4Br)cc(C)cc3c(=O)n(C)c21. The molecule has 0 radical (unpaired) electrons. The molecule has 0 atom stereocenters. The number of nitrogens with one attached hydrogen (secondary N) is 1. The van der Waals surface area contributed by atoms with Gasteiger partial charge in [-0.05, 0) is 59.1 Å². The standard InChI is InChI=1S/C20H19BrClN5O/c1-4-27-19-14(10-24-27)17-12(7-11(2)8-13(17)20(28)26(19)3)9-23-15-5-6-16(22)25-18(15)21/h5-8,10,23H,4,9H2,1-3H3. The van der Waals surface area contributed by atoms with Gasteiger partial charge in [-0.3, -0.25) is 9.36 Å². The molecule has 0 fully saturated rings. The van der Waals surface area contributed by atoms with Gasteiger partial charge in [0.25, 0.3) is 5.56 Å². The zero-order valence-corrected chi connectivity index (χ0v) is 18.1. The Morgan fingerprint density at radius 1 is 1.25 bits per heavy atom. The summed E-state index contributed by atoms with van der Waals surface area (Å²) in [5, 5.41) is 10.9. The number of nitrogens with zero attached hydrogens (tertiary/aromatic N) is 4. The second kappa shape index (κ2) is 7.22. The molecule has 3 heterocycles. The fourth-order valence-electron chi connectivity index (χ4n) is 3.64. The van der Waals surface area contributed by atoms with E-state index in [4.69, 9.17) is 11.6 Å². The van der Waals surface area contributed by atoms with Gasteiger partial charge in [0.2, 0.25) is 0 Å². The molecular formula is C20H19BrClN5O. The van der Waals surface area contributed by atoms with Gasteiger partial charge in [0.1, 0.15) is 15.4 Å². The van der Waals surface area contributed by atoms with Crippen LogP contribution in [0.25, 0.3) is 21.8 Å². The summed E-state index contributed by atoms with van der Waals surface area (Å²) in [6.07, 6.45) is 1.85. The van der Waals surface area contributed by atoms with Crippen LogP contribution in [0.2, 0.25) is 5.15 Å². The molecule has 28 heavy (non-hydrogen) atoms. The third-order valence-electron chi connectivity index (χ3n) is 4.88. The van der Waals surface area contributed by atoms with Crippen LogP contribution < -0.4 is 10.9 Å². The maximum atomic E-state index is 13.0. The van der Waals surface area contributed by atoms with Crippen LogP contribution in [0.15, 0.2) is 39.9 Å². The minimum Gasteiger partial charge on any atom is -0.379 e. The number of anilines is 1. The van der Waals surface area contributed by atoms with Crippen LogP contribution >= 0.6 is 27.5 Å². The Hall–Kier alpha value is -2.38. The summed E-state index contributed by atoms with van der Waals surface area (Å²) in [6.45, 7) is 5.26. The summed E-state index contributed by atoms with van der Waals surface area (Å²) >= 11 is 9.37. The quantitative estimate of drug-likeness (QED) is 0.451. The van der Waals surface area contributed by atoms with Crippen molar-refractivity contribution in [1.29, 1.82) is 0 Å². The topological polar surface area (TPSA) is 64.7 Å². The van der Waals surface area contributed by atoms with Gasteiger partial charge in [-0.25, -0.2) is 9.67 Å². The highest BCUT2D eigenvalue weighted by atomic mass is 79.9. The van der Waals surface area contributed by atoms with Crippen LogP contribution in [-0.4, -0.2) is 19.3 Å². The fourth-order valence-corrected chi connectivity index (χ4v) is 4.35. The second-order valence-corrected chi connectivity index (χ2v) is 7.87. The van der Waals surface area contributed by atoms with E-state index in [2.05, 4.69) is 37.4 Å². The molecule has 0 aliphatic carbocycles. The molecule has 1 aromatic carbocycles. The largest absolute Gasteiger partial charge is 0.379 e. The smallest absolute Gasteiger partial charge is 0.259 e. The van der Waals surface area contributed by atoms with Gasteiger partial charge < -0.3 is 5.32 Å². The normalized spacial score (nSPS) is 11.5. The van der Waals surface area contributed by atoms with E-state index < -0.39 is 0 Å². The number of rotatable bonds is 4. The monoisotopic (exact) mass is 459 g/mol. The van der Waals surface area contributed by atoms with Gasteiger partial charge in [0.05, 0.1) is 11.9 Å². The molecule has 0 saturated carbocycles. The van der Waals surface area contributed by atoms with E-state index in [1.807, 2.05) is 36.9 Å². The minimum atomic E-state index is -0.0167. The van der Waals surface area contributed by atoms with Crippen LogP contribution in [0.4, 0.5) is 5.69 Å². The van der Waals surface area contributed by atoms with Crippen molar-refractivity contribution in [2.45, 2.75) is 26.9 Å². The lowest BCUT2D eigenvalue weighted by molar-refractivity contribution is 0.659. The number of pyridine rings is 2. The van der Waals surface area contributed by atoms with Gasteiger partial charge in [-0.15, -0.1) is 0 Å². The van der Waals surface area contributed by atoms with E-state index in [-0.39, 0.29) is 5.56 Å². The van der Waals surface area contributed by atoms with Crippen molar-refractivity contribution in [3.8, 4) is 0 Å².